The van der Waals surface area contributed by atoms with Crippen LogP contribution in [0, 0.1) is 0 Å². The molecule has 2 heteroatoms. The van der Waals surface area contributed by atoms with Gasteiger partial charge in [-0.25, -0.2) is 0 Å². The van der Waals surface area contributed by atoms with Crippen molar-refractivity contribution in [2.45, 2.75) is 25.7 Å². The molecular formula is C57H44N2. The summed E-state index contributed by atoms with van der Waals surface area (Å²) in [4.78, 5) is 0. The zero-order valence-electron chi connectivity index (χ0n) is 33.6. The molecular weight excluding hydrogens is 713 g/mol. The molecule has 0 fully saturated rings. The van der Waals surface area contributed by atoms with E-state index in [2.05, 4.69) is 218 Å². The third-order valence-electron chi connectivity index (χ3n) is 12.9. The van der Waals surface area contributed by atoms with Gasteiger partial charge in [-0.2, -0.15) is 0 Å². The van der Waals surface area contributed by atoms with Crippen molar-refractivity contribution in [3.8, 4) is 16.8 Å². The van der Waals surface area contributed by atoms with Crippen LogP contribution in [-0.4, -0.2) is 11.6 Å². The summed E-state index contributed by atoms with van der Waals surface area (Å²) in [5, 5.41) is 13.9. The van der Waals surface area contributed by atoms with E-state index in [0.29, 0.717) is 0 Å². The van der Waals surface area contributed by atoms with Crippen LogP contribution in [-0.2, 0) is 11.8 Å². The second kappa shape index (κ2) is 13.7. The fourth-order valence-corrected chi connectivity index (χ4v) is 9.95. The zero-order chi connectivity index (χ0) is 39.7. The Hall–Kier alpha value is -7.16. The van der Waals surface area contributed by atoms with Gasteiger partial charge in [0.15, 0.2) is 0 Å². The number of benzene rings is 9. The monoisotopic (exact) mass is 756 g/mol. The standard InChI is InChI=1S/C57H44N2/c1-57(2)50-25-15-14-23-45(50)48-35-49-54(36-51(48)57)59(53-33-32-47-44-22-11-10-20-42(44)43-21-12-13-24-46(43)55(47)56(49)53)41-30-28-39(29-31-41)52(58-3)34-40(38-18-8-5-9-19-38)27-26-37-16-6-4-7-17-37/h4-25,27-36,58H,26H2,1-3H3/b40-27+,52-34-. The molecule has 0 saturated heterocycles. The van der Waals surface area contributed by atoms with Gasteiger partial charge in [-0.15, -0.1) is 0 Å². The highest BCUT2D eigenvalue weighted by Gasteiger charge is 2.36. The fraction of sp³-hybridized carbons (Fsp3) is 0.0877. The molecule has 0 unspecified atom stereocenters. The number of allylic oxidation sites excluding steroid dienone is 3. The summed E-state index contributed by atoms with van der Waals surface area (Å²) >= 11 is 0. The largest absolute Gasteiger partial charge is 0.388 e. The molecule has 2 nitrogen and oxygen atoms in total. The second-order valence-corrected chi connectivity index (χ2v) is 16.5. The lowest BCUT2D eigenvalue weighted by Gasteiger charge is -2.21. The van der Waals surface area contributed by atoms with Gasteiger partial charge >= 0.3 is 0 Å². The molecule has 1 aliphatic rings. The number of aromatic nitrogens is 1. The van der Waals surface area contributed by atoms with E-state index in [4.69, 9.17) is 0 Å². The van der Waals surface area contributed by atoms with E-state index in [0.717, 1.165) is 23.4 Å². The minimum Gasteiger partial charge on any atom is -0.388 e. The molecule has 282 valence electrons. The third kappa shape index (κ3) is 5.55. The van der Waals surface area contributed by atoms with Crippen LogP contribution < -0.4 is 5.32 Å². The molecule has 0 atom stereocenters. The normalized spacial score (nSPS) is 13.7. The van der Waals surface area contributed by atoms with E-state index in [1.54, 1.807) is 0 Å². The van der Waals surface area contributed by atoms with Crippen LogP contribution in [0.1, 0.15) is 41.7 Å². The molecule has 1 aliphatic carbocycles. The van der Waals surface area contributed by atoms with Crippen LogP contribution in [0.25, 0.3) is 82.2 Å². The van der Waals surface area contributed by atoms with Crippen molar-refractivity contribution < 1.29 is 0 Å². The summed E-state index contributed by atoms with van der Waals surface area (Å²) in [5.41, 5.74) is 14.8. The maximum Gasteiger partial charge on any atom is 0.0547 e. The molecule has 0 aliphatic heterocycles. The molecule has 1 aromatic heterocycles. The van der Waals surface area contributed by atoms with Crippen molar-refractivity contribution in [2.75, 3.05) is 7.05 Å². The zero-order valence-corrected chi connectivity index (χ0v) is 33.6. The molecule has 0 radical (unpaired) electrons. The Bertz CT molecular complexity index is 3290. The Morgan fingerprint density at radius 3 is 1.83 bits per heavy atom. The number of nitrogens with one attached hydrogen (secondary N) is 1. The summed E-state index contributed by atoms with van der Waals surface area (Å²) in [6.07, 6.45) is 5.49. The van der Waals surface area contributed by atoms with Crippen molar-refractivity contribution in [3.05, 3.63) is 222 Å². The third-order valence-corrected chi connectivity index (χ3v) is 12.9. The van der Waals surface area contributed by atoms with Crippen LogP contribution in [0.2, 0.25) is 0 Å². The van der Waals surface area contributed by atoms with Gasteiger partial charge in [-0.05, 0) is 114 Å². The van der Waals surface area contributed by atoms with Gasteiger partial charge in [0.05, 0.1) is 11.0 Å². The van der Waals surface area contributed by atoms with E-state index >= 15 is 0 Å². The average molecular weight is 757 g/mol. The Morgan fingerprint density at radius 1 is 0.508 bits per heavy atom. The van der Waals surface area contributed by atoms with Crippen molar-refractivity contribution in [1.82, 2.24) is 9.88 Å². The molecule has 1 heterocycles. The smallest absolute Gasteiger partial charge is 0.0547 e. The van der Waals surface area contributed by atoms with Crippen LogP contribution in [0.4, 0.5) is 0 Å². The summed E-state index contributed by atoms with van der Waals surface area (Å²) in [5.74, 6) is 0. The minimum absolute atomic E-state index is 0.118. The number of hydrogen-bond acceptors (Lipinski definition) is 1. The molecule has 59 heavy (non-hydrogen) atoms. The van der Waals surface area contributed by atoms with E-state index in [1.807, 2.05) is 7.05 Å². The number of hydrogen-bond donors (Lipinski definition) is 1. The summed E-state index contributed by atoms with van der Waals surface area (Å²) in [6.45, 7) is 4.76. The van der Waals surface area contributed by atoms with Crippen LogP contribution in [0.5, 0.6) is 0 Å². The Kier molecular flexibility index (Phi) is 8.16. The number of rotatable bonds is 7. The van der Waals surface area contributed by atoms with Crippen LogP contribution >= 0.6 is 0 Å². The van der Waals surface area contributed by atoms with Crippen molar-refractivity contribution in [1.29, 1.82) is 0 Å². The average Bonchev–Trinajstić information content (AvgIpc) is 3.74. The molecule has 0 saturated carbocycles. The predicted octanol–water partition coefficient (Wildman–Crippen LogP) is 14.4. The molecule has 0 amide bonds. The molecule has 1 N–H and O–H groups in total. The van der Waals surface area contributed by atoms with Gasteiger partial charge < -0.3 is 9.88 Å². The van der Waals surface area contributed by atoms with Crippen molar-refractivity contribution >= 4 is 65.4 Å². The summed E-state index contributed by atoms with van der Waals surface area (Å²) in [7, 11) is 2.02. The molecule has 9 aromatic carbocycles. The van der Waals surface area contributed by atoms with E-state index in [1.165, 1.54) is 93.1 Å². The minimum atomic E-state index is -0.118. The second-order valence-electron chi connectivity index (χ2n) is 16.5. The lowest BCUT2D eigenvalue weighted by molar-refractivity contribution is 0.661. The lowest BCUT2D eigenvalue weighted by Crippen LogP contribution is -2.14. The van der Waals surface area contributed by atoms with Crippen molar-refractivity contribution in [3.63, 3.8) is 0 Å². The first kappa shape index (κ1) is 35.0. The van der Waals surface area contributed by atoms with Gasteiger partial charge in [-0.1, -0.05) is 172 Å². The number of nitrogens with zero attached hydrogens (tertiary/aromatic N) is 1. The first-order valence-electron chi connectivity index (χ1n) is 20.7. The highest BCUT2D eigenvalue weighted by Crippen LogP contribution is 2.52. The number of fused-ring (bicyclic) bond motifs is 13. The fourth-order valence-electron chi connectivity index (χ4n) is 9.95. The van der Waals surface area contributed by atoms with Gasteiger partial charge in [-0.3, -0.25) is 0 Å². The predicted molar refractivity (Wildman–Crippen MR) is 252 cm³/mol. The highest BCUT2D eigenvalue weighted by molar-refractivity contribution is 6.35. The van der Waals surface area contributed by atoms with Crippen molar-refractivity contribution in [2.24, 2.45) is 0 Å². The SMILES string of the molecule is CN/C(=C\C(=C/Cc1ccccc1)c1ccccc1)c1ccc(-n2c3cc4c(cc3c3c5c6ccccc6c6ccccc6c5ccc32)-c2ccccc2C4(C)C)cc1. The van der Waals surface area contributed by atoms with Crippen LogP contribution in [0.15, 0.2) is 194 Å². The van der Waals surface area contributed by atoms with Gasteiger partial charge in [0.25, 0.3) is 0 Å². The maximum absolute atomic E-state index is 3.54. The van der Waals surface area contributed by atoms with Gasteiger partial charge in [0.2, 0.25) is 0 Å². The molecule has 0 bridgehead atoms. The van der Waals surface area contributed by atoms with E-state index < -0.39 is 0 Å². The summed E-state index contributed by atoms with van der Waals surface area (Å²) in [6, 6.07) is 67.1. The van der Waals surface area contributed by atoms with Gasteiger partial charge in [0, 0.05) is 40.0 Å². The summed E-state index contributed by atoms with van der Waals surface area (Å²) < 4.78 is 2.51. The maximum atomic E-state index is 3.54. The Balaban J connectivity index is 1.14. The van der Waals surface area contributed by atoms with E-state index in [-0.39, 0.29) is 5.41 Å². The topological polar surface area (TPSA) is 17.0 Å². The van der Waals surface area contributed by atoms with Gasteiger partial charge in [0.1, 0.15) is 0 Å². The molecule has 10 aromatic rings. The highest BCUT2D eigenvalue weighted by atomic mass is 15.0. The Morgan fingerprint density at radius 2 is 1.12 bits per heavy atom. The lowest BCUT2D eigenvalue weighted by atomic mass is 9.82. The molecule has 11 rings (SSSR count). The van der Waals surface area contributed by atoms with E-state index in [9.17, 15) is 0 Å². The van der Waals surface area contributed by atoms with Crippen LogP contribution in [0.3, 0.4) is 0 Å². The Labute approximate surface area is 345 Å². The quantitative estimate of drug-likeness (QED) is 0.127. The first-order valence-corrected chi connectivity index (χ1v) is 20.7. The first-order chi connectivity index (χ1) is 29.0. The molecule has 0 spiro atoms.